The first-order chi connectivity index (χ1) is 10.9. The van der Waals surface area contributed by atoms with Crippen LogP contribution in [0, 0.1) is 0 Å². The monoisotopic (exact) mass is 355 g/mol. The Balaban J connectivity index is 4.98. The normalized spacial score (nSPS) is 18.9. The zero-order valence-electron chi connectivity index (χ0n) is 15.2. The molecule has 0 aliphatic heterocycles. The molecule has 0 fully saturated rings. The van der Waals surface area contributed by atoms with Crippen molar-refractivity contribution in [2.45, 2.75) is 58.1 Å². The number of hydrogen-bond donors (Lipinski definition) is 1. The van der Waals surface area contributed by atoms with Crippen LogP contribution in [0.4, 0.5) is 0 Å². The molecule has 0 aromatic carbocycles. The van der Waals surface area contributed by atoms with Crippen molar-refractivity contribution in [1.29, 1.82) is 0 Å². The summed E-state index contributed by atoms with van der Waals surface area (Å²) in [5, 5.41) is 0. The van der Waals surface area contributed by atoms with Crippen LogP contribution in [0.2, 0.25) is 6.04 Å². The topological polar surface area (TPSA) is 90.6 Å². The minimum atomic E-state index is -1.40. The van der Waals surface area contributed by atoms with E-state index in [0.29, 0.717) is 6.54 Å². The Morgan fingerprint density at radius 1 is 0.913 bits per heavy atom. The summed E-state index contributed by atoms with van der Waals surface area (Å²) in [5.41, 5.74) is 5.52. The number of methoxy groups -OCH3 is 3. The van der Waals surface area contributed by atoms with Crippen molar-refractivity contribution in [1.82, 2.24) is 0 Å². The highest BCUT2D eigenvalue weighted by Crippen LogP contribution is 2.22. The molecule has 0 aliphatic rings. The van der Waals surface area contributed by atoms with Crippen molar-refractivity contribution < 1.29 is 32.8 Å². The van der Waals surface area contributed by atoms with Crippen molar-refractivity contribution in [3.8, 4) is 0 Å². The number of rotatable bonds is 15. The first kappa shape index (κ1) is 22.9. The third kappa shape index (κ3) is 10.4. The lowest BCUT2D eigenvalue weighted by atomic mass is 10.5. The van der Waals surface area contributed by atoms with Crippen LogP contribution in [-0.4, -0.2) is 69.1 Å². The summed E-state index contributed by atoms with van der Waals surface area (Å²) in [6.07, 6.45) is -0.600. The van der Waals surface area contributed by atoms with Gasteiger partial charge in [0.15, 0.2) is 28.6 Å². The fraction of sp³-hybridized carbons (Fsp3) is 1.00. The number of nitrogens with two attached hydrogens (primary N) is 1. The highest BCUT2D eigenvalue weighted by molar-refractivity contribution is 6.27. The molecule has 0 saturated heterocycles. The average Bonchev–Trinajstić information content (AvgIpc) is 2.56. The van der Waals surface area contributed by atoms with Gasteiger partial charge in [0, 0.05) is 21.3 Å². The molecule has 0 saturated carbocycles. The molecule has 0 amide bonds. The summed E-state index contributed by atoms with van der Waals surface area (Å²) in [7, 11) is 3.72. The lowest BCUT2D eigenvalue weighted by Gasteiger charge is -2.37. The Morgan fingerprint density at radius 3 is 1.87 bits per heavy atom. The van der Waals surface area contributed by atoms with Gasteiger partial charge in [-0.25, -0.2) is 0 Å². The second kappa shape index (κ2) is 13.2. The van der Waals surface area contributed by atoms with Gasteiger partial charge < -0.3 is 29.1 Å². The van der Waals surface area contributed by atoms with Crippen LogP contribution in [0.3, 0.4) is 0 Å². The van der Waals surface area contributed by atoms with Gasteiger partial charge in [0.2, 0.25) is 0 Å². The molecule has 3 unspecified atom stereocenters. The highest BCUT2D eigenvalue weighted by Gasteiger charge is 2.38. The Kier molecular flexibility index (Phi) is 13.2. The predicted octanol–water partition coefficient (Wildman–Crippen LogP) is 0.535. The summed E-state index contributed by atoms with van der Waals surface area (Å²) < 4.78 is 38.6. The molecule has 23 heavy (non-hydrogen) atoms. The minimum Gasteiger partial charge on any atom is -0.374 e. The smallest absolute Gasteiger partial charge is 0.302 e. The van der Waals surface area contributed by atoms with E-state index in [9.17, 15) is 0 Å². The number of hydrogen-bond acceptors (Lipinski definition) is 8. The molecular weight excluding hydrogens is 322 g/mol. The fourth-order valence-corrected chi connectivity index (χ4v) is 2.74. The maximum atomic E-state index is 5.97. The zero-order valence-corrected chi connectivity index (χ0v) is 16.6. The summed E-state index contributed by atoms with van der Waals surface area (Å²) in [6.45, 7) is 5.93. The Hall–Kier alpha value is -0.103. The van der Waals surface area contributed by atoms with Gasteiger partial charge in [-0.3, -0.25) is 9.47 Å². The lowest BCUT2D eigenvalue weighted by Crippen LogP contribution is -2.50. The van der Waals surface area contributed by atoms with Gasteiger partial charge >= 0.3 is 5.97 Å². The van der Waals surface area contributed by atoms with Gasteiger partial charge in [-0.1, -0.05) is 0 Å². The molecule has 0 aliphatic carbocycles. The molecule has 3 atom stereocenters. The standard InChI is InChI=1S/C14H33NO7Si/c1-11(16-4)19-10-14(20-12(2)17-5,21-13(3)18-6)22-23-9-7-8-15/h11-13H,7-10,15,23H2,1-6H3. The van der Waals surface area contributed by atoms with E-state index in [-0.39, 0.29) is 6.61 Å². The minimum absolute atomic E-state index is 0.0268. The average molecular weight is 356 g/mol. The molecule has 140 valence electrons. The van der Waals surface area contributed by atoms with Gasteiger partial charge in [0.1, 0.15) is 6.61 Å². The van der Waals surface area contributed by atoms with Gasteiger partial charge in [0.25, 0.3) is 0 Å². The van der Waals surface area contributed by atoms with Crippen LogP contribution < -0.4 is 5.73 Å². The van der Waals surface area contributed by atoms with Crippen LogP contribution >= 0.6 is 0 Å². The maximum Gasteiger partial charge on any atom is 0.302 e. The Morgan fingerprint density at radius 2 is 1.43 bits per heavy atom. The van der Waals surface area contributed by atoms with Gasteiger partial charge in [-0.2, -0.15) is 0 Å². The molecular formula is C14H33NO7Si. The van der Waals surface area contributed by atoms with Crippen LogP contribution in [0.25, 0.3) is 0 Å². The van der Waals surface area contributed by atoms with Crippen molar-refractivity contribution in [3.63, 3.8) is 0 Å². The molecule has 0 spiro atoms. The van der Waals surface area contributed by atoms with Gasteiger partial charge in [-0.15, -0.1) is 0 Å². The molecule has 8 nitrogen and oxygen atoms in total. The lowest BCUT2D eigenvalue weighted by molar-refractivity contribution is -0.432. The van der Waals surface area contributed by atoms with Crippen LogP contribution in [-0.2, 0) is 32.8 Å². The van der Waals surface area contributed by atoms with Crippen molar-refractivity contribution in [2.24, 2.45) is 5.73 Å². The van der Waals surface area contributed by atoms with Crippen molar-refractivity contribution >= 4 is 9.76 Å². The van der Waals surface area contributed by atoms with Crippen molar-refractivity contribution in [2.75, 3.05) is 34.5 Å². The third-order valence-electron chi connectivity index (χ3n) is 3.10. The molecule has 0 heterocycles. The van der Waals surface area contributed by atoms with Crippen molar-refractivity contribution in [3.05, 3.63) is 0 Å². The largest absolute Gasteiger partial charge is 0.374 e. The molecule has 2 N–H and O–H groups in total. The Labute approximate surface area is 141 Å². The quantitative estimate of drug-likeness (QED) is 0.258. The predicted molar refractivity (Wildman–Crippen MR) is 88.4 cm³/mol. The maximum absolute atomic E-state index is 5.97. The SMILES string of the molecule is COC(C)OCC(O[SiH2]CCCN)(OC(C)OC)OC(C)OC. The summed E-state index contributed by atoms with van der Waals surface area (Å²) in [5.74, 6) is -1.40. The van der Waals surface area contributed by atoms with Crippen LogP contribution in [0.15, 0.2) is 0 Å². The summed E-state index contributed by atoms with van der Waals surface area (Å²) >= 11 is 0. The first-order valence-electron chi connectivity index (χ1n) is 7.82. The Bertz CT molecular complexity index is 274. The summed E-state index contributed by atoms with van der Waals surface area (Å²) in [4.78, 5) is 0. The van der Waals surface area contributed by atoms with Gasteiger partial charge in [-0.05, 0) is 39.8 Å². The van der Waals surface area contributed by atoms with E-state index < -0.39 is 34.6 Å². The third-order valence-corrected chi connectivity index (χ3v) is 4.53. The van der Waals surface area contributed by atoms with E-state index in [4.69, 9.17) is 38.6 Å². The fourth-order valence-electron chi connectivity index (χ4n) is 1.57. The second-order valence-electron chi connectivity index (χ2n) is 4.98. The molecule has 0 aromatic rings. The summed E-state index contributed by atoms with van der Waals surface area (Å²) in [6, 6.07) is 0.910. The van der Waals surface area contributed by atoms with E-state index >= 15 is 0 Å². The number of ether oxygens (including phenoxy) is 6. The van der Waals surface area contributed by atoms with E-state index in [1.165, 1.54) is 0 Å². The van der Waals surface area contributed by atoms with Crippen LogP contribution in [0.1, 0.15) is 27.2 Å². The van der Waals surface area contributed by atoms with E-state index in [0.717, 1.165) is 12.5 Å². The molecule has 0 rings (SSSR count). The molecule has 0 bridgehead atoms. The second-order valence-corrected chi connectivity index (χ2v) is 6.39. The van der Waals surface area contributed by atoms with Crippen LogP contribution in [0.5, 0.6) is 0 Å². The van der Waals surface area contributed by atoms with E-state index in [1.807, 2.05) is 0 Å². The van der Waals surface area contributed by atoms with Gasteiger partial charge in [0.05, 0.1) is 0 Å². The zero-order chi connectivity index (χ0) is 17.7. The molecule has 9 heteroatoms. The highest BCUT2D eigenvalue weighted by atomic mass is 28.2. The first-order valence-corrected chi connectivity index (χ1v) is 9.40. The van der Waals surface area contributed by atoms with E-state index in [1.54, 1.807) is 42.1 Å². The van der Waals surface area contributed by atoms with E-state index in [2.05, 4.69) is 0 Å². The molecule has 0 aromatic heterocycles. The molecule has 0 radical (unpaired) electrons.